The van der Waals surface area contributed by atoms with E-state index in [1.54, 1.807) is 0 Å². The van der Waals surface area contributed by atoms with E-state index in [1.165, 1.54) is 50.6 Å². The summed E-state index contributed by atoms with van der Waals surface area (Å²) in [6.45, 7) is 2.80. The predicted molar refractivity (Wildman–Crippen MR) is 109 cm³/mol. The summed E-state index contributed by atoms with van der Waals surface area (Å²) in [7, 11) is 0. The molecule has 4 aliphatic rings. The molecule has 27 heavy (non-hydrogen) atoms. The first-order valence-electron chi connectivity index (χ1n) is 11.1. The van der Waals surface area contributed by atoms with E-state index in [0.717, 1.165) is 43.8 Å². The largest absolute Gasteiger partial charge is 0.339 e. The molecule has 146 valence electrons. The van der Waals surface area contributed by atoms with Crippen LogP contribution in [0, 0.1) is 11.8 Å². The molecule has 3 atom stereocenters. The summed E-state index contributed by atoms with van der Waals surface area (Å²) in [6.07, 6.45) is 12.0. The van der Waals surface area contributed by atoms with Gasteiger partial charge in [0.1, 0.15) is 5.54 Å². The molecular formula is C23H33N3O. The van der Waals surface area contributed by atoms with E-state index in [2.05, 4.69) is 39.4 Å². The number of anilines is 1. The summed E-state index contributed by atoms with van der Waals surface area (Å²) >= 11 is 0. The van der Waals surface area contributed by atoms with Gasteiger partial charge in [0, 0.05) is 24.8 Å². The number of hydrogen-bond donors (Lipinski definition) is 1. The molecule has 1 spiro atoms. The lowest BCUT2D eigenvalue weighted by atomic mass is 9.83. The van der Waals surface area contributed by atoms with E-state index in [1.807, 2.05) is 6.07 Å². The van der Waals surface area contributed by atoms with E-state index in [4.69, 9.17) is 0 Å². The van der Waals surface area contributed by atoms with Gasteiger partial charge in [0.2, 0.25) is 5.91 Å². The van der Waals surface area contributed by atoms with Gasteiger partial charge in [-0.05, 0) is 56.1 Å². The minimum Gasteiger partial charge on any atom is -0.339 e. The number of carbonyl (C=O) groups excluding carboxylic acids is 1. The first-order chi connectivity index (χ1) is 13.3. The van der Waals surface area contributed by atoms with E-state index in [9.17, 15) is 4.79 Å². The van der Waals surface area contributed by atoms with Crippen molar-refractivity contribution in [3.63, 3.8) is 0 Å². The number of rotatable bonds is 2. The van der Waals surface area contributed by atoms with Gasteiger partial charge in [0.05, 0.1) is 6.67 Å². The van der Waals surface area contributed by atoms with Gasteiger partial charge >= 0.3 is 0 Å². The van der Waals surface area contributed by atoms with Crippen LogP contribution in [0.5, 0.6) is 0 Å². The summed E-state index contributed by atoms with van der Waals surface area (Å²) in [4.78, 5) is 18.0. The van der Waals surface area contributed by atoms with E-state index in [0.29, 0.717) is 6.67 Å². The van der Waals surface area contributed by atoms with Crippen LogP contribution in [0.15, 0.2) is 30.3 Å². The lowest BCUT2D eigenvalue weighted by Crippen LogP contribution is -2.58. The summed E-state index contributed by atoms with van der Waals surface area (Å²) in [5, 5.41) is 3.14. The number of amides is 1. The molecule has 4 nitrogen and oxygen atoms in total. The molecule has 0 aromatic heterocycles. The average Bonchev–Trinajstić information content (AvgIpc) is 3.15. The third-order valence-corrected chi connectivity index (χ3v) is 8.04. The minimum atomic E-state index is -0.334. The molecule has 5 rings (SSSR count). The maximum Gasteiger partial charge on any atom is 0.247 e. The quantitative estimate of drug-likeness (QED) is 0.864. The average molecular weight is 368 g/mol. The number of benzene rings is 1. The Labute approximate surface area is 163 Å². The van der Waals surface area contributed by atoms with Crippen molar-refractivity contribution >= 4 is 11.6 Å². The zero-order chi connectivity index (χ0) is 18.3. The number of fused-ring (bicyclic) bond motifs is 1. The lowest BCUT2D eigenvalue weighted by molar-refractivity contribution is -0.125. The van der Waals surface area contributed by atoms with E-state index < -0.39 is 0 Å². The van der Waals surface area contributed by atoms with Gasteiger partial charge in [-0.2, -0.15) is 0 Å². The molecule has 0 radical (unpaired) electrons. The van der Waals surface area contributed by atoms with Gasteiger partial charge in [-0.1, -0.05) is 43.9 Å². The zero-order valence-electron chi connectivity index (χ0n) is 16.4. The highest BCUT2D eigenvalue weighted by atomic mass is 16.2. The Kier molecular flexibility index (Phi) is 4.63. The standard InChI is InChI=1S/C23H33N3O/c27-22-23(26(17-24-22)19-8-4-2-5-9-19)13-15-25(16-14-23)21-12-11-18-7-3-1-6-10-20(18)21/h2,4-5,8-9,18,20-21H,1,3,6-7,10-17H2,(H,24,27). The van der Waals surface area contributed by atoms with Crippen molar-refractivity contribution in [1.82, 2.24) is 10.2 Å². The van der Waals surface area contributed by atoms with Crippen LogP contribution in [0.25, 0.3) is 0 Å². The topological polar surface area (TPSA) is 35.6 Å². The van der Waals surface area contributed by atoms with Crippen molar-refractivity contribution in [2.24, 2.45) is 11.8 Å². The second-order valence-electron chi connectivity index (χ2n) is 9.20. The van der Waals surface area contributed by atoms with Gasteiger partial charge in [0.15, 0.2) is 0 Å². The first-order valence-corrected chi connectivity index (χ1v) is 11.1. The van der Waals surface area contributed by atoms with Crippen molar-refractivity contribution < 1.29 is 4.79 Å². The summed E-state index contributed by atoms with van der Waals surface area (Å²) in [6, 6.07) is 11.3. The molecule has 3 unspecified atom stereocenters. The molecule has 1 aromatic carbocycles. The molecule has 4 heteroatoms. The van der Waals surface area contributed by atoms with Crippen LogP contribution >= 0.6 is 0 Å². The zero-order valence-corrected chi connectivity index (χ0v) is 16.4. The van der Waals surface area contributed by atoms with Crippen LogP contribution in [0.2, 0.25) is 0 Å². The Morgan fingerprint density at radius 3 is 2.52 bits per heavy atom. The summed E-state index contributed by atoms with van der Waals surface area (Å²) in [5.41, 5.74) is 0.841. The first kappa shape index (κ1) is 17.5. The fourth-order valence-corrected chi connectivity index (χ4v) is 6.59. The van der Waals surface area contributed by atoms with Crippen LogP contribution in [-0.4, -0.2) is 42.1 Å². The maximum atomic E-state index is 12.9. The van der Waals surface area contributed by atoms with Crippen molar-refractivity contribution in [3.8, 4) is 0 Å². The normalized spacial score (nSPS) is 33.7. The highest BCUT2D eigenvalue weighted by Gasteiger charge is 2.52. The number of para-hydroxylation sites is 1. The lowest BCUT2D eigenvalue weighted by Gasteiger charge is -2.46. The Morgan fingerprint density at radius 2 is 1.70 bits per heavy atom. The summed E-state index contributed by atoms with van der Waals surface area (Å²) < 4.78 is 0. The molecule has 1 amide bonds. The molecule has 1 aromatic rings. The third-order valence-electron chi connectivity index (χ3n) is 8.04. The number of nitrogens with one attached hydrogen (secondary N) is 1. The van der Waals surface area contributed by atoms with Gasteiger partial charge in [-0.3, -0.25) is 9.69 Å². The van der Waals surface area contributed by atoms with Crippen LogP contribution < -0.4 is 10.2 Å². The van der Waals surface area contributed by atoms with Crippen LogP contribution in [-0.2, 0) is 4.79 Å². The Bertz CT molecular complexity index is 667. The van der Waals surface area contributed by atoms with Crippen molar-refractivity contribution in [2.45, 2.75) is 69.4 Å². The van der Waals surface area contributed by atoms with Crippen molar-refractivity contribution in [1.29, 1.82) is 0 Å². The fraction of sp³-hybridized carbons (Fsp3) is 0.696. The van der Waals surface area contributed by atoms with Gasteiger partial charge in [-0.15, -0.1) is 0 Å². The highest BCUT2D eigenvalue weighted by molar-refractivity contribution is 5.93. The molecule has 2 aliphatic heterocycles. The monoisotopic (exact) mass is 367 g/mol. The second kappa shape index (κ2) is 7.12. The van der Waals surface area contributed by atoms with E-state index >= 15 is 0 Å². The Balaban J connectivity index is 1.31. The molecule has 2 aliphatic carbocycles. The highest BCUT2D eigenvalue weighted by Crippen LogP contribution is 2.45. The number of nitrogens with zero attached hydrogens (tertiary/aromatic N) is 2. The molecular weight excluding hydrogens is 334 g/mol. The smallest absolute Gasteiger partial charge is 0.247 e. The molecule has 2 saturated heterocycles. The number of hydrogen-bond acceptors (Lipinski definition) is 3. The van der Waals surface area contributed by atoms with Crippen LogP contribution in [0.1, 0.15) is 57.8 Å². The molecule has 2 saturated carbocycles. The Hall–Kier alpha value is -1.55. The summed E-state index contributed by atoms with van der Waals surface area (Å²) in [5.74, 6) is 2.14. The van der Waals surface area contributed by atoms with Crippen molar-refractivity contribution in [2.75, 3.05) is 24.7 Å². The van der Waals surface area contributed by atoms with Gasteiger partial charge in [-0.25, -0.2) is 0 Å². The van der Waals surface area contributed by atoms with Crippen LogP contribution in [0.3, 0.4) is 0 Å². The number of likely N-dealkylation sites (tertiary alicyclic amines) is 1. The third kappa shape index (κ3) is 2.97. The number of carbonyl (C=O) groups is 1. The van der Waals surface area contributed by atoms with Crippen molar-refractivity contribution in [3.05, 3.63) is 30.3 Å². The fourth-order valence-electron chi connectivity index (χ4n) is 6.59. The molecule has 4 fully saturated rings. The second-order valence-corrected chi connectivity index (χ2v) is 9.20. The van der Waals surface area contributed by atoms with E-state index in [-0.39, 0.29) is 11.4 Å². The molecule has 2 heterocycles. The number of piperidine rings is 1. The molecule has 0 bridgehead atoms. The van der Waals surface area contributed by atoms with Crippen LogP contribution in [0.4, 0.5) is 5.69 Å². The van der Waals surface area contributed by atoms with Gasteiger partial charge < -0.3 is 10.2 Å². The minimum absolute atomic E-state index is 0.241. The maximum absolute atomic E-state index is 12.9. The predicted octanol–water partition coefficient (Wildman–Crippen LogP) is 3.77. The Morgan fingerprint density at radius 1 is 0.926 bits per heavy atom. The molecule has 1 N–H and O–H groups in total. The SMILES string of the molecule is O=C1NCN(c2ccccc2)C12CCN(C1CCC3CCCCCC31)CC2. The van der Waals surface area contributed by atoms with Gasteiger partial charge in [0.25, 0.3) is 0 Å².